The average Bonchev–Trinajstić information content (AvgIpc) is 3.05. The summed E-state index contributed by atoms with van der Waals surface area (Å²) in [7, 11) is 0. The molecule has 0 spiro atoms. The molecule has 0 unspecified atom stereocenters. The van der Waals surface area contributed by atoms with Crippen LogP contribution < -0.4 is 14.8 Å². The molecule has 0 aliphatic rings. The first kappa shape index (κ1) is 15.9. The van der Waals surface area contributed by atoms with Gasteiger partial charge < -0.3 is 9.47 Å². The molecule has 7 heteroatoms. The molecule has 0 radical (unpaired) electrons. The van der Waals surface area contributed by atoms with Crippen LogP contribution in [0.25, 0.3) is 5.69 Å². The fourth-order valence-corrected chi connectivity index (χ4v) is 2.05. The number of carbonyl (C=O) groups excluding carboxylic acids is 1. The fraction of sp³-hybridized carbons (Fsp3) is 0.0588. The Kier molecular flexibility index (Phi) is 4.98. The first-order chi connectivity index (χ1) is 11.7. The quantitative estimate of drug-likeness (QED) is 0.718. The topological polar surface area (TPSA) is 65.4 Å². The predicted octanol–water partition coefficient (Wildman–Crippen LogP) is 3.65. The highest BCUT2D eigenvalue weighted by Crippen LogP contribution is 2.15. The number of nitrogens with zero attached hydrogens (tertiary/aromatic N) is 2. The van der Waals surface area contributed by atoms with Gasteiger partial charge in [0.1, 0.15) is 5.75 Å². The van der Waals surface area contributed by atoms with Crippen LogP contribution in [-0.4, -0.2) is 22.6 Å². The minimum Gasteiger partial charge on any atom is -0.455 e. The number of ether oxygens (including phenoxy) is 2. The molecule has 1 heterocycles. The van der Waals surface area contributed by atoms with E-state index < -0.39 is 6.09 Å². The minimum atomic E-state index is -0.599. The number of hydrogen-bond donors (Lipinski definition) is 1. The molecule has 3 rings (SSSR count). The van der Waals surface area contributed by atoms with Crippen molar-refractivity contribution in [2.24, 2.45) is 0 Å². The van der Waals surface area contributed by atoms with E-state index in [4.69, 9.17) is 21.1 Å². The van der Waals surface area contributed by atoms with Crippen molar-refractivity contribution < 1.29 is 14.3 Å². The van der Waals surface area contributed by atoms with Crippen LogP contribution >= 0.6 is 11.6 Å². The van der Waals surface area contributed by atoms with Gasteiger partial charge in [0.25, 0.3) is 0 Å². The largest absolute Gasteiger partial charge is 0.455 e. The molecule has 0 aliphatic heterocycles. The second-order valence-electron chi connectivity index (χ2n) is 4.74. The summed E-state index contributed by atoms with van der Waals surface area (Å²) in [6.45, 7) is -0.0523. The van der Waals surface area contributed by atoms with Gasteiger partial charge in [-0.05, 0) is 36.4 Å². The predicted molar refractivity (Wildman–Crippen MR) is 89.7 cm³/mol. The third kappa shape index (κ3) is 4.27. The second kappa shape index (κ2) is 7.52. The van der Waals surface area contributed by atoms with Gasteiger partial charge in [-0.2, -0.15) is 0 Å². The number of carbonyl (C=O) groups is 1. The van der Waals surface area contributed by atoms with Crippen molar-refractivity contribution in [3.63, 3.8) is 0 Å². The van der Waals surface area contributed by atoms with Crippen LogP contribution in [0.1, 0.15) is 0 Å². The van der Waals surface area contributed by atoms with Crippen LogP contribution in [-0.2, 0) is 0 Å². The molecule has 0 aliphatic carbocycles. The van der Waals surface area contributed by atoms with Gasteiger partial charge in [-0.1, -0.05) is 29.8 Å². The van der Waals surface area contributed by atoms with Crippen molar-refractivity contribution in [2.75, 3.05) is 6.73 Å². The Morgan fingerprint density at radius 1 is 1.08 bits per heavy atom. The fourth-order valence-electron chi connectivity index (χ4n) is 1.92. The summed E-state index contributed by atoms with van der Waals surface area (Å²) < 4.78 is 12.1. The lowest BCUT2D eigenvalue weighted by molar-refractivity contribution is 0.184. The Hall–Kier alpha value is -2.99. The van der Waals surface area contributed by atoms with E-state index in [1.54, 1.807) is 53.3 Å². The molecule has 0 saturated carbocycles. The standard InChI is InChI=1S/C17H14ClN3O3/c18-13-6-8-14(9-7-13)21-11-10-16(20-21)23-12-19-17(22)24-15-4-2-1-3-5-15/h1-11H,12H2,(H,19,22). The number of halogens is 1. The van der Waals surface area contributed by atoms with Crippen molar-refractivity contribution in [1.82, 2.24) is 15.1 Å². The molecule has 0 saturated heterocycles. The third-order valence-corrected chi connectivity index (χ3v) is 3.30. The van der Waals surface area contributed by atoms with Crippen LogP contribution in [0.3, 0.4) is 0 Å². The second-order valence-corrected chi connectivity index (χ2v) is 5.18. The van der Waals surface area contributed by atoms with Gasteiger partial charge in [-0.3, -0.25) is 5.32 Å². The molecule has 1 aromatic heterocycles. The van der Waals surface area contributed by atoms with Gasteiger partial charge in [-0.15, -0.1) is 5.10 Å². The number of benzene rings is 2. The van der Waals surface area contributed by atoms with Gasteiger partial charge >= 0.3 is 6.09 Å². The average molecular weight is 344 g/mol. The summed E-state index contributed by atoms with van der Waals surface area (Å²) in [4.78, 5) is 11.6. The molecule has 2 aromatic carbocycles. The molecule has 122 valence electrons. The summed E-state index contributed by atoms with van der Waals surface area (Å²) >= 11 is 5.85. The zero-order chi connectivity index (χ0) is 16.8. The Labute approximate surface area is 143 Å². The van der Waals surface area contributed by atoms with E-state index in [9.17, 15) is 4.79 Å². The number of amides is 1. The lowest BCUT2D eigenvalue weighted by Crippen LogP contribution is -2.30. The van der Waals surface area contributed by atoms with Crippen LogP contribution in [0.5, 0.6) is 11.6 Å². The van der Waals surface area contributed by atoms with Gasteiger partial charge in [0.15, 0.2) is 6.73 Å². The van der Waals surface area contributed by atoms with Crippen molar-refractivity contribution in [3.05, 3.63) is 71.9 Å². The van der Waals surface area contributed by atoms with Gasteiger partial charge in [0.2, 0.25) is 5.88 Å². The maximum atomic E-state index is 11.6. The lowest BCUT2D eigenvalue weighted by Gasteiger charge is -2.06. The van der Waals surface area contributed by atoms with E-state index in [2.05, 4.69) is 10.4 Å². The first-order valence-electron chi connectivity index (χ1n) is 7.16. The van der Waals surface area contributed by atoms with Crippen molar-refractivity contribution in [2.45, 2.75) is 0 Å². The monoisotopic (exact) mass is 343 g/mol. The molecule has 24 heavy (non-hydrogen) atoms. The number of hydrogen-bond acceptors (Lipinski definition) is 4. The van der Waals surface area contributed by atoms with Gasteiger partial charge in [0, 0.05) is 17.3 Å². The van der Waals surface area contributed by atoms with E-state index in [0.717, 1.165) is 5.69 Å². The van der Waals surface area contributed by atoms with Crippen molar-refractivity contribution >= 4 is 17.7 Å². The number of para-hydroxylation sites is 1. The Balaban J connectivity index is 1.49. The van der Waals surface area contributed by atoms with Crippen LogP contribution in [0.2, 0.25) is 5.02 Å². The van der Waals surface area contributed by atoms with E-state index in [1.165, 1.54) is 0 Å². The van der Waals surface area contributed by atoms with Gasteiger partial charge in [0.05, 0.1) is 5.69 Å². The molecule has 0 bridgehead atoms. The Morgan fingerprint density at radius 3 is 2.58 bits per heavy atom. The summed E-state index contributed by atoms with van der Waals surface area (Å²) in [5.74, 6) is 0.840. The first-order valence-corrected chi connectivity index (χ1v) is 7.54. The summed E-state index contributed by atoms with van der Waals surface area (Å²) in [5.41, 5.74) is 0.852. The minimum absolute atomic E-state index is 0.0523. The van der Waals surface area contributed by atoms with Crippen molar-refractivity contribution in [3.8, 4) is 17.3 Å². The SMILES string of the molecule is O=C(NCOc1ccn(-c2ccc(Cl)cc2)n1)Oc1ccccc1. The molecule has 1 N–H and O–H groups in total. The van der Waals surface area contributed by atoms with E-state index in [0.29, 0.717) is 16.7 Å². The van der Waals surface area contributed by atoms with E-state index in [-0.39, 0.29) is 6.73 Å². The van der Waals surface area contributed by atoms with E-state index in [1.807, 2.05) is 18.2 Å². The van der Waals surface area contributed by atoms with Crippen molar-refractivity contribution in [1.29, 1.82) is 0 Å². The molecular weight excluding hydrogens is 330 g/mol. The zero-order valence-electron chi connectivity index (χ0n) is 12.6. The lowest BCUT2D eigenvalue weighted by atomic mass is 10.3. The summed E-state index contributed by atoms with van der Waals surface area (Å²) in [5, 5.41) is 7.39. The third-order valence-electron chi connectivity index (χ3n) is 3.05. The highest BCUT2D eigenvalue weighted by Gasteiger charge is 2.05. The smallest absolute Gasteiger partial charge is 0.415 e. The maximum Gasteiger partial charge on any atom is 0.415 e. The highest BCUT2D eigenvalue weighted by molar-refractivity contribution is 6.30. The number of nitrogens with one attached hydrogen (secondary N) is 1. The molecule has 3 aromatic rings. The summed E-state index contributed by atoms with van der Waals surface area (Å²) in [6.07, 6.45) is 1.15. The zero-order valence-corrected chi connectivity index (χ0v) is 13.3. The summed E-state index contributed by atoms with van der Waals surface area (Å²) in [6, 6.07) is 17.7. The Bertz CT molecular complexity index is 803. The number of aromatic nitrogens is 2. The van der Waals surface area contributed by atoms with Crippen LogP contribution in [0, 0.1) is 0 Å². The highest BCUT2D eigenvalue weighted by atomic mass is 35.5. The van der Waals surface area contributed by atoms with Crippen LogP contribution in [0.4, 0.5) is 4.79 Å². The molecule has 0 fully saturated rings. The maximum absolute atomic E-state index is 11.6. The Morgan fingerprint density at radius 2 is 1.83 bits per heavy atom. The van der Waals surface area contributed by atoms with Crippen LogP contribution in [0.15, 0.2) is 66.9 Å². The molecule has 0 atom stereocenters. The normalized spacial score (nSPS) is 10.2. The number of rotatable bonds is 5. The molecule has 6 nitrogen and oxygen atoms in total. The molecular formula is C17H14ClN3O3. The molecule has 1 amide bonds. The van der Waals surface area contributed by atoms with Gasteiger partial charge in [-0.25, -0.2) is 9.48 Å². The van der Waals surface area contributed by atoms with E-state index >= 15 is 0 Å².